The standard InChI is InChI=1S/C13H16N2O4/c1-15-5-4-8(7-15)12(17)14-9-2-3-10(13(18)19)11(16)6-9/h2-3,6,8,16H,4-5,7H2,1H3,(H,14,17)(H,18,19). The third-order valence-electron chi connectivity index (χ3n) is 3.26. The number of aromatic carboxylic acids is 1. The Balaban J connectivity index is 2.05. The van der Waals surface area contributed by atoms with Crippen molar-refractivity contribution in [2.75, 3.05) is 25.5 Å². The first-order valence-electron chi connectivity index (χ1n) is 6.03. The number of aromatic hydroxyl groups is 1. The Hall–Kier alpha value is -2.08. The van der Waals surface area contributed by atoms with Crippen molar-refractivity contribution in [2.24, 2.45) is 5.92 Å². The average Bonchev–Trinajstić information content (AvgIpc) is 2.75. The second-order valence-electron chi connectivity index (χ2n) is 4.77. The molecular weight excluding hydrogens is 248 g/mol. The van der Waals surface area contributed by atoms with Gasteiger partial charge < -0.3 is 20.4 Å². The smallest absolute Gasteiger partial charge is 0.339 e. The number of nitrogens with zero attached hydrogens (tertiary/aromatic N) is 1. The van der Waals surface area contributed by atoms with Crippen molar-refractivity contribution in [1.82, 2.24) is 4.90 Å². The summed E-state index contributed by atoms with van der Waals surface area (Å²) < 4.78 is 0. The maximum absolute atomic E-state index is 12.0. The lowest BCUT2D eigenvalue weighted by Crippen LogP contribution is -2.25. The summed E-state index contributed by atoms with van der Waals surface area (Å²) in [6.45, 7) is 1.60. The van der Waals surface area contributed by atoms with Gasteiger partial charge in [0.1, 0.15) is 11.3 Å². The predicted octanol–water partition coefficient (Wildman–Crippen LogP) is 0.981. The van der Waals surface area contributed by atoms with Gasteiger partial charge in [0.05, 0.1) is 5.92 Å². The van der Waals surface area contributed by atoms with E-state index in [0.29, 0.717) is 12.2 Å². The monoisotopic (exact) mass is 264 g/mol. The fraction of sp³-hybridized carbons (Fsp3) is 0.385. The van der Waals surface area contributed by atoms with E-state index in [9.17, 15) is 14.7 Å². The van der Waals surface area contributed by atoms with Crippen LogP contribution in [-0.4, -0.2) is 47.1 Å². The number of carboxylic acids is 1. The Bertz CT molecular complexity index is 515. The number of carbonyl (C=O) groups is 2. The van der Waals surface area contributed by atoms with Gasteiger partial charge in [0.25, 0.3) is 0 Å². The molecule has 0 spiro atoms. The van der Waals surface area contributed by atoms with E-state index in [4.69, 9.17) is 5.11 Å². The van der Waals surface area contributed by atoms with E-state index in [1.165, 1.54) is 18.2 Å². The van der Waals surface area contributed by atoms with Gasteiger partial charge in [0, 0.05) is 18.3 Å². The molecular formula is C13H16N2O4. The summed E-state index contributed by atoms with van der Waals surface area (Å²) in [6, 6.07) is 3.99. The number of benzene rings is 1. The first kappa shape index (κ1) is 13.4. The molecule has 1 heterocycles. The molecule has 6 nitrogen and oxygen atoms in total. The fourth-order valence-corrected chi connectivity index (χ4v) is 2.18. The minimum Gasteiger partial charge on any atom is -0.507 e. The van der Waals surface area contributed by atoms with Crippen molar-refractivity contribution < 1.29 is 19.8 Å². The predicted molar refractivity (Wildman–Crippen MR) is 69.3 cm³/mol. The number of carboxylic acid groups (broad SMARTS) is 1. The molecule has 0 aliphatic carbocycles. The van der Waals surface area contributed by atoms with Crippen molar-refractivity contribution in [3.8, 4) is 5.75 Å². The maximum Gasteiger partial charge on any atom is 0.339 e. The minimum atomic E-state index is -1.20. The summed E-state index contributed by atoms with van der Waals surface area (Å²) in [7, 11) is 1.96. The highest BCUT2D eigenvalue weighted by atomic mass is 16.4. The molecule has 1 aromatic rings. The second-order valence-corrected chi connectivity index (χ2v) is 4.77. The molecule has 1 aliphatic rings. The lowest BCUT2D eigenvalue weighted by molar-refractivity contribution is -0.119. The Morgan fingerprint density at radius 1 is 1.42 bits per heavy atom. The molecule has 1 aromatic carbocycles. The van der Waals surface area contributed by atoms with Gasteiger partial charge in [-0.05, 0) is 32.1 Å². The zero-order valence-corrected chi connectivity index (χ0v) is 10.6. The van der Waals surface area contributed by atoms with Crippen LogP contribution in [0.4, 0.5) is 5.69 Å². The zero-order chi connectivity index (χ0) is 14.0. The zero-order valence-electron chi connectivity index (χ0n) is 10.6. The van der Waals surface area contributed by atoms with E-state index in [-0.39, 0.29) is 23.1 Å². The minimum absolute atomic E-state index is 0.0636. The van der Waals surface area contributed by atoms with Crippen LogP contribution in [0.25, 0.3) is 0 Å². The average molecular weight is 264 g/mol. The number of likely N-dealkylation sites (tertiary alicyclic amines) is 1. The molecule has 0 aromatic heterocycles. The first-order chi connectivity index (χ1) is 8.97. The Labute approximate surface area is 110 Å². The molecule has 0 saturated carbocycles. The highest BCUT2D eigenvalue weighted by molar-refractivity contribution is 5.95. The van der Waals surface area contributed by atoms with E-state index in [1.807, 2.05) is 7.05 Å². The topological polar surface area (TPSA) is 89.9 Å². The van der Waals surface area contributed by atoms with Crippen LogP contribution < -0.4 is 5.32 Å². The third kappa shape index (κ3) is 3.03. The summed E-state index contributed by atoms with van der Waals surface area (Å²) in [6.07, 6.45) is 0.807. The van der Waals surface area contributed by atoms with E-state index in [0.717, 1.165) is 13.0 Å². The van der Waals surface area contributed by atoms with E-state index >= 15 is 0 Å². The van der Waals surface area contributed by atoms with Gasteiger partial charge in [0.15, 0.2) is 0 Å². The van der Waals surface area contributed by atoms with Gasteiger partial charge in [-0.25, -0.2) is 4.79 Å². The molecule has 1 unspecified atom stereocenters. The molecule has 6 heteroatoms. The van der Waals surface area contributed by atoms with Crippen LogP contribution in [0.3, 0.4) is 0 Å². The van der Waals surface area contributed by atoms with Crippen LogP contribution in [0, 0.1) is 5.92 Å². The summed E-state index contributed by atoms with van der Waals surface area (Å²) in [5.74, 6) is -1.72. The van der Waals surface area contributed by atoms with Crippen LogP contribution in [-0.2, 0) is 4.79 Å². The van der Waals surface area contributed by atoms with Crippen LogP contribution in [0.2, 0.25) is 0 Å². The molecule has 1 atom stereocenters. The van der Waals surface area contributed by atoms with Gasteiger partial charge in [-0.1, -0.05) is 0 Å². The van der Waals surface area contributed by atoms with Crippen LogP contribution in [0.15, 0.2) is 18.2 Å². The van der Waals surface area contributed by atoms with Crippen molar-refractivity contribution in [2.45, 2.75) is 6.42 Å². The SMILES string of the molecule is CN1CCC(C(=O)Nc2ccc(C(=O)O)c(O)c2)C1. The fourth-order valence-electron chi connectivity index (χ4n) is 2.18. The maximum atomic E-state index is 12.0. The van der Waals surface area contributed by atoms with Crippen molar-refractivity contribution in [1.29, 1.82) is 0 Å². The molecule has 1 saturated heterocycles. The van der Waals surface area contributed by atoms with Crippen LogP contribution in [0.5, 0.6) is 5.75 Å². The van der Waals surface area contributed by atoms with E-state index in [1.54, 1.807) is 0 Å². The molecule has 1 fully saturated rings. The van der Waals surface area contributed by atoms with Gasteiger partial charge in [-0.2, -0.15) is 0 Å². The largest absolute Gasteiger partial charge is 0.507 e. The van der Waals surface area contributed by atoms with Crippen molar-refractivity contribution in [3.63, 3.8) is 0 Å². The Morgan fingerprint density at radius 3 is 2.68 bits per heavy atom. The first-order valence-corrected chi connectivity index (χ1v) is 6.03. The Morgan fingerprint density at radius 2 is 2.16 bits per heavy atom. The number of hydrogen-bond donors (Lipinski definition) is 3. The van der Waals surface area contributed by atoms with E-state index in [2.05, 4.69) is 10.2 Å². The highest BCUT2D eigenvalue weighted by Crippen LogP contribution is 2.23. The molecule has 0 radical (unpaired) electrons. The van der Waals surface area contributed by atoms with Gasteiger partial charge in [0.2, 0.25) is 5.91 Å². The number of amides is 1. The normalized spacial score (nSPS) is 19.3. The van der Waals surface area contributed by atoms with E-state index < -0.39 is 5.97 Å². The molecule has 1 amide bonds. The molecule has 3 N–H and O–H groups in total. The van der Waals surface area contributed by atoms with Gasteiger partial charge in [-0.15, -0.1) is 0 Å². The third-order valence-corrected chi connectivity index (χ3v) is 3.26. The number of carbonyl (C=O) groups excluding carboxylic acids is 1. The number of rotatable bonds is 3. The Kier molecular flexibility index (Phi) is 3.71. The number of anilines is 1. The van der Waals surface area contributed by atoms with Crippen molar-refractivity contribution in [3.05, 3.63) is 23.8 Å². The molecule has 0 bridgehead atoms. The summed E-state index contributed by atoms with van der Waals surface area (Å²) in [5, 5.41) is 21.0. The summed E-state index contributed by atoms with van der Waals surface area (Å²) >= 11 is 0. The summed E-state index contributed by atoms with van der Waals surface area (Å²) in [5.41, 5.74) is 0.223. The second kappa shape index (κ2) is 5.27. The molecule has 19 heavy (non-hydrogen) atoms. The van der Waals surface area contributed by atoms with Gasteiger partial charge >= 0.3 is 5.97 Å². The summed E-state index contributed by atoms with van der Waals surface area (Å²) in [4.78, 5) is 24.8. The highest BCUT2D eigenvalue weighted by Gasteiger charge is 2.26. The molecule has 1 aliphatic heterocycles. The van der Waals surface area contributed by atoms with Crippen LogP contribution in [0.1, 0.15) is 16.8 Å². The van der Waals surface area contributed by atoms with Crippen LogP contribution >= 0.6 is 0 Å². The number of nitrogens with one attached hydrogen (secondary N) is 1. The van der Waals surface area contributed by atoms with Gasteiger partial charge in [-0.3, -0.25) is 4.79 Å². The lowest BCUT2D eigenvalue weighted by atomic mass is 10.1. The lowest BCUT2D eigenvalue weighted by Gasteiger charge is -2.12. The number of phenols is 1. The molecule has 102 valence electrons. The van der Waals surface area contributed by atoms with Crippen molar-refractivity contribution >= 4 is 17.6 Å². The molecule has 2 rings (SSSR count). The quantitative estimate of drug-likeness (QED) is 0.757. The number of hydrogen-bond acceptors (Lipinski definition) is 4.